The molecule has 0 aliphatic rings. The highest BCUT2D eigenvalue weighted by Crippen LogP contribution is 2.28. The Morgan fingerprint density at radius 2 is 1.64 bits per heavy atom. The Labute approximate surface area is 164 Å². The summed E-state index contributed by atoms with van der Waals surface area (Å²) in [5.41, 5.74) is 2.02. The number of hydrogen-bond donors (Lipinski definition) is 0. The second-order valence-electron chi connectivity index (χ2n) is 6.18. The van der Waals surface area contributed by atoms with Crippen LogP contribution in [0.4, 0.5) is 0 Å². The van der Waals surface area contributed by atoms with E-state index in [9.17, 15) is 4.79 Å². The van der Waals surface area contributed by atoms with Gasteiger partial charge in [0.15, 0.2) is 22.9 Å². The average molecular weight is 381 g/mol. The lowest BCUT2D eigenvalue weighted by atomic mass is 10.2. The fraction of sp³-hybridized carbons (Fsp3) is 0.238. The van der Waals surface area contributed by atoms with Gasteiger partial charge in [-0.15, -0.1) is 0 Å². The van der Waals surface area contributed by atoms with Gasteiger partial charge in [0.1, 0.15) is 0 Å². The topological polar surface area (TPSA) is 65.8 Å². The molecular formula is C21H23N3O4. The largest absolute Gasteiger partial charge is 0.493 e. The maximum atomic E-state index is 13.0. The molecule has 7 nitrogen and oxygen atoms in total. The van der Waals surface area contributed by atoms with Crippen LogP contribution in [0, 0.1) is 0 Å². The zero-order valence-electron chi connectivity index (χ0n) is 16.4. The summed E-state index contributed by atoms with van der Waals surface area (Å²) in [6.45, 7) is 0.389. The van der Waals surface area contributed by atoms with Gasteiger partial charge >= 0.3 is 0 Å². The zero-order chi connectivity index (χ0) is 20.1. The smallest absolute Gasteiger partial charge is 0.278 e. The number of amides is 1. The van der Waals surface area contributed by atoms with E-state index in [1.54, 1.807) is 37.0 Å². The molecule has 0 spiro atoms. The van der Waals surface area contributed by atoms with E-state index in [0.29, 0.717) is 23.8 Å². The maximum Gasteiger partial charge on any atom is 0.278 e. The van der Waals surface area contributed by atoms with Crippen LogP contribution in [0.5, 0.6) is 17.2 Å². The van der Waals surface area contributed by atoms with Crippen molar-refractivity contribution in [3.63, 3.8) is 0 Å². The van der Waals surface area contributed by atoms with Gasteiger partial charge < -0.3 is 19.1 Å². The van der Waals surface area contributed by atoms with Crippen LogP contribution in [-0.2, 0) is 6.54 Å². The van der Waals surface area contributed by atoms with Crippen molar-refractivity contribution in [2.24, 2.45) is 0 Å². The first kappa shape index (κ1) is 19.3. The molecule has 0 saturated heterocycles. The summed E-state index contributed by atoms with van der Waals surface area (Å²) in [6, 6.07) is 15.1. The first-order valence-corrected chi connectivity index (χ1v) is 8.72. The lowest BCUT2D eigenvalue weighted by Crippen LogP contribution is -2.27. The zero-order valence-corrected chi connectivity index (χ0v) is 16.4. The first-order valence-electron chi connectivity index (χ1n) is 8.72. The second-order valence-corrected chi connectivity index (χ2v) is 6.18. The fourth-order valence-corrected chi connectivity index (χ4v) is 2.87. The van der Waals surface area contributed by atoms with E-state index in [4.69, 9.17) is 14.2 Å². The number of para-hydroxylation sites is 1. The molecule has 0 aliphatic heterocycles. The van der Waals surface area contributed by atoms with Crippen molar-refractivity contribution in [1.82, 2.24) is 14.7 Å². The Morgan fingerprint density at radius 1 is 0.964 bits per heavy atom. The van der Waals surface area contributed by atoms with Crippen LogP contribution >= 0.6 is 0 Å². The number of benzene rings is 2. The average Bonchev–Trinajstić information content (AvgIpc) is 3.18. The summed E-state index contributed by atoms with van der Waals surface area (Å²) in [6.07, 6.45) is 1.70. The Kier molecular flexibility index (Phi) is 5.84. The number of ether oxygens (including phenoxy) is 3. The van der Waals surface area contributed by atoms with Crippen molar-refractivity contribution in [3.8, 4) is 22.9 Å². The van der Waals surface area contributed by atoms with E-state index >= 15 is 0 Å². The predicted octanol–water partition coefficient (Wildman–Crippen LogP) is 3.17. The van der Waals surface area contributed by atoms with Crippen molar-refractivity contribution in [2.75, 3.05) is 28.4 Å². The molecule has 1 amide bonds. The van der Waals surface area contributed by atoms with Gasteiger partial charge in [-0.2, -0.15) is 5.10 Å². The van der Waals surface area contributed by atoms with E-state index in [0.717, 1.165) is 11.3 Å². The van der Waals surface area contributed by atoms with E-state index in [-0.39, 0.29) is 11.6 Å². The third-order valence-electron chi connectivity index (χ3n) is 4.34. The number of nitrogens with zero attached hydrogens (tertiary/aromatic N) is 3. The summed E-state index contributed by atoms with van der Waals surface area (Å²) >= 11 is 0. The van der Waals surface area contributed by atoms with Gasteiger partial charge in [-0.1, -0.05) is 24.3 Å². The van der Waals surface area contributed by atoms with Crippen LogP contribution in [0.25, 0.3) is 5.69 Å². The molecule has 28 heavy (non-hydrogen) atoms. The summed E-state index contributed by atoms with van der Waals surface area (Å²) in [7, 11) is 6.41. The molecular weight excluding hydrogens is 358 g/mol. The van der Waals surface area contributed by atoms with Crippen LogP contribution < -0.4 is 14.2 Å². The van der Waals surface area contributed by atoms with Crippen LogP contribution in [0.15, 0.2) is 54.7 Å². The number of carbonyl (C=O) groups excluding carboxylic acids is 1. The SMILES string of the molecule is COc1ccc(CN(C)C(=O)c2nn(-c3ccccc3)cc2OC)cc1OC. The standard InChI is InChI=1S/C21H23N3O4/c1-23(13-15-10-11-17(26-2)18(12-15)27-3)21(25)20-19(28-4)14-24(22-20)16-8-6-5-7-9-16/h5-12,14H,13H2,1-4H3. The van der Waals surface area contributed by atoms with Crippen molar-refractivity contribution >= 4 is 5.91 Å². The molecule has 3 aromatic rings. The third-order valence-corrected chi connectivity index (χ3v) is 4.34. The number of methoxy groups -OCH3 is 3. The van der Waals surface area contributed by atoms with E-state index in [1.165, 1.54) is 7.11 Å². The summed E-state index contributed by atoms with van der Waals surface area (Å²) in [5, 5.41) is 4.43. The number of hydrogen-bond acceptors (Lipinski definition) is 5. The normalized spacial score (nSPS) is 10.4. The van der Waals surface area contributed by atoms with Gasteiger partial charge in [0, 0.05) is 13.6 Å². The minimum absolute atomic E-state index is 0.235. The molecule has 0 saturated carbocycles. The summed E-state index contributed by atoms with van der Waals surface area (Å²) in [4.78, 5) is 14.5. The first-order chi connectivity index (χ1) is 13.6. The molecule has 2 aromatic carbocycles. The van der Waals surface area contributed by atoms with E-state index in [1.807, 2.05) is 48.5 Å². The highest BCUT2D eigenvalue weighted by molar-refractivity contribution is 5.94. The van der Waals surface area contributed by atoms with Crippen molar-refractivity contribution in [3.05, 3.63) is 66.0 Å². The van der Waals surface area contributed by atoms with Gasteiger partial charge in [-0.25, -0.2) is 4.68 Å². The quantitative estimate of drug-likeness (QED) is 0.629. The van der Waals surface area contributed by atoms with Crippen LogP contribution in [-0.4, -0.2) is 49.0 Å². The van der Waals surface area contributed by atoms with Crippen LogP contribution in [0.2, 0.25) is 0 Å². The molecule has 146 valence electrons. The van der Waals surface area contributed by atoms with Gasteiger partial charge in [0.05, 0.1) is 33.2 Å². The van der Waals surface area contributed by atoms with Gasteiger partial charge in [0.2, 0.25) is 0 Å². The molecule has 7 heteroatoms. The summed E-state index contributed by atoms with van der Waals surface area (Å²) in [5.74, 6) is 1.45. The van der Waals surface area contributed by atoms with E-state index in [2.05, 4.69) is 5.10 Å². The van der Waals surface area contributed by atoms with Crippen molar-refractivity contribution in [2.45, 2.75) is 6.54 Å². The van der Waals surface area contributed by atoms with Gasteiger partial charge in [0.25, 0.3) is 5.91 Å². The minimum Gasteiger partial charge on any atom is -0.493 e. The predicted molar refractivity (Wildman–Crippen MR) is 105 cm³/mol. The van der Waals surface area contributed by atoms with Crippen LogP contribution in [0.3, 0.4) is 0 Å². The molecule has 0 bridgehead atoms. The fourth-order valence-electron chi connectivity index (χ4n) is 2.87. The van der Waals surface area contributed by atoms with E-state index < -0.39 is 0 Å². The monoisotopic (exact) mass is 381 g/mol. The number of rotatable bonds is 7. The Balaban J connectivity index is 1.82. The Bertz CT molecular complexity index is 954. The Hall–Kier alpha value is -3.48. The third kappa shape index (κ3) is 3.93. The number of aromatic nitrogens is 2. The van der Waals surface area contributed by atoms with Crippen LogP contribution in [0.1, 0.15) is 16.1 Å². The molecule has 1 aromatic heterocycles. The minimum atomic E-state index is -0.235. The lowest BCUT2D eigenvalue weighted by Gasteiger charge is -2.17. The molecule has 0 fully saturated rings. The van der Waals surface area contributed by atoms with Crippen molar-refractivity contribution in [1.29, 1.82) is 0 Å². The molecule has 3 rings (SSSR count). The molecule has 0 aliphatic carbocycles. The molecule has 0 N–H and O–H groups in total. The van der Waals surface area contributed by atoms with Gasteiger partial charge in [-0.3, -0.25) is 4.79 Å². The maximum absolute atomic E-state index is 13.0. The molecule has 0 unspecified atom stereocenters. The molecule has 1 heterocycles. The van der Waals surface area contributed by atoms with Crippen molar-refractivity contribution < 1.29 is 19.0 Å². The molecule has 0 atom stereocenters. The molecule has 0 radical (unpaired) electrons. The second kappa shape index (κ2) is 8.47. The highest BCUT2D eigenvalue weighted by Gasteiger charge is 2.22. The lowest BCUT2D eigenvalue weighted by molar-refractivity contribution is 0.0775. The summed E-state index contributed by atoms with van der Waals surface area (Å²) < 4.78 is 17.6. The van der Waals surface area contributed by atoms with Gasteiger partial charge in [-0.05, 0) is 29.8 Å². The Morgan fingerprint density at radius 3 is 2.29 bits per heavy atom. The number of carbonyl (C=O) groups is 1. The highest BCUT2D eigenvalue weighted by atomic mass is 16.5.